The average molecular weight is 645 g/mol. The number of benzene rings is 1. The molecule has 0 saturated carbocycles. The Morgan fingerprint density at radius 1 is 0.783 bits per heavy atom. The van der Waals surface area contributed by atoms with Crippen molar-refractivity contribution in [2.75, 3.05) is 19.6 Å². The monoisotopic (exact) mass is 644 g/mol. The van der Waals surface area contributed by atoms with Gasteiger partial charge in [0.25, 0.3) is 0 Å². The van der Waals surface area contributed by atoms with Gasteiger partial charge >= 0.3 is 0 Å². The number of carbonyl (C=O) groups is 5. The van der Waals surface area contributed by atoms with E-state index in [9.17, 15) is 24.0 Å². The van der Waals surface area contributed by atoms with E-state index in [2.05, 4.69) is 31.6 Å². The molecule has 1 aromatic rings. The van der Waals surface area contributed by atoms with Crippen LogP contribution in [0.25, 0.3) is 0 Å². The maximum Gasteiger partial charge on any atom is 0.245 e. The van der Waals surface area contributed by atoms with Gasteiger partial charge in [-0.2, -0.15) is 0 Å². The summed E-state index contributed by atoms with van der Waals surface area (Å²) >= 11 is 0. The molecule has 2 rings (SSSR count). The van der Waals surface area contributed by atoms with Gasteiger partial charge in [0.1, 0.15) is 24.2 Å². The molecule has 2 bridgehead atoms. The Kier molecular flexibility index (Phi) is 17.1. The first-order chi connectivity index (χ1) is 22.0. The highest BCUT2D eigenvalue weighted by Crippen LogP contribution is 2.10. The summed E-state index contributed by atoms with van der Waals surface area (Å²) < 4.78 is 0. The molecule has 4 atom stereocenters. The zero-order valence-electron chi connectivity index (χ0n) is 26.8. The maximum atomic E-state index is 13.4. The number of nitrogens with two attached hydrogens (primary N) is 4. The lowest BCUT2D eigenvalue weighted by Gasteiger charge is -2.23. The minimum absolute atomic E-state index is 0.00150. The van der Waals surface area contributed by atoms with E-state index in [1.54, 1.807) is 31.2 Å². The summed E-state index contributed by atoms with van der Waals surface area (Å²) in [5.41, 5.74) is 23.9. The Morgan fingerprint density at radius 2 is 1.43 bits per heavy atom. The van der Waals surface area contributed by atoms with Gasteiger partial charge < -0.3 is 49.5 Å². The largest absolute Gasteiger partial charge is 0.370 e. The van der Waals surface area contributed by atoms with Gasteiger partial charge in [-0.15, -0.1) is 0 Å². The number of nitrogens with one attached hydrogen (secondary N) is 5. The molecule has 5 amide bonds. The Labute approximate surface area is 270 Å². The van der Waals surface area contributed by atoms with Crippen molar-refractivity contribution < 1.29 is 24.0 Å². The van der Waals surface area contributed by atoms with Crippen LogP contribution in [0.15, 0.2) is 29.3 Å². The van der Waals surface area contributed by atoms with Crippen molar-refractivity contribution >= 4 is 35.5 Å². The van der Waals surface area contributed by atoms with Crippen molar-refractivity contribution in [1.29, 1.82) is 0 Å². The Hall–Kier alpha value is -4.24. The predicted octanol–water partition coefficient (Wildman–Crippen LogP) is -1.48. The molecule has 256 valence electrons. The Balaban J connectivity index is 2.31. The van der Waals surface area contributed by atoms with Gasteiger partial charge in [0, 0.05) is 13.1 Å². The van der Waals surface area contributed by atoms with E-state index in [1.165, 1.54) is 0 Å². The van der Waals surface area contributed by atoms with Crippen molar-refractivity contribution in [3.05, 3.63) is 35.4 Å². The number of unbranched alkanes of at least 4 members (excludes halogenated alkanes) is 2. The van der Waals surface area contributed by atoms with Crippen LogP contribution in [0.4, 0.5) is 0 Å². The normalized spacial score (nSPS) is 22.8. The molecule has 0 unspecified atom stereocenters. The van der Waals surface area contributed by atoms with E-state index in [0.717, 1.165) is 5.56 Å². The third-order valence-corrected chi connectivity index (χ3v) is 7.56. The van der Waals surface area contributed by atoms with Crippen LogP contribution in [0.2, 0.25) is 0 Å². The van der Waals surface area contributed by atoms with Gasteiger partial charge in [-0.25, -0.2) is 4.99 Å². The fourth-order valence-electron chi connectivity index (χ4n) is 5.02. The number of guanidine groups is 1. The summed E-state index contributed by atoms with van der Waals surface area (Å²) in [5.74, 6) is -2.33. The molecule has 0 saturated heterocycles. The van der Waals surface area contributed by atoms with Crippen LogP contribution in [0.5, 0.6) is 0 Å². The lowest BCUT2D eigenvalue weighted by molar-refractivity contribution is -0.132. The van der Waals surface area contributed by atoms with Crippen LogP contribution in [0.1, 0.15) is 75.8 Å². The fourth-order valence-corrected chi connectivity index (χ4v) is 5.02. The summed E-state index contributed by atoms with van der Waals surface area (Å²) in [7, 11) is 0. The summed E-state index contributed by atoms with van der Waals surface area (Å²) in [6, 6.07) is 3.68. The quantitative estimate of drug-likeness (QED) is 0.0861. The molecule has 1 aromatic carbocycles. The summed E-state index contributed by atoms with van der Waals surface area (Å²) in [5, 5.41) is 14.0. The predicted molar refractivity (Wildman–Crippen MR) is 176 cm³/mol. The molecule has 0 aliphatic carbocycles. The number of carbonyl (C=O) groups excluding carboxylic acids is 5. The average Bonchev–Trinajstić information content (AvgIpc) is 3.01. The van der Waals surface area contributed by atoms with Crippen LogP contribution in [-0.4, -0.2) is 79.3 Å². The molecular weight excluding hydrogens is 592 g/mol. The maximum absolute atomic E-state index is 13.4. The van der Waals surface area contributed by atoms with Crippen molar-refractivity contribution in [3.63, 3.8) is 0 Å². The number of amides is 5. The van der Waals surface area contributed by atoms with Gasteiger partial charge in [-0.1, -0.05) is 24.3 Å². The minimum atomic E-state index is -0.918. The first-order valence-electron chi connectivity index (χ1n) is 16.1. The van der Waals surface area contributed by atoms with Crippen molar-refractivity contribution in [1.82, 2.24) is 26.6 Å². The summed E-state index contributed by atoms with van der Waals surface area (Å²) in [4.78, 5) is 69.5. The fraction of sp³-hybridized carbons (Fsp3) is 0.613. The summed E-state index contributed by atoms with van der Waals surface area (Å²) in [6.45, 7) is 2.91. The lowest BCUT2D eigenvalue weighted by atomic mass is 10.0. The number of aliphatic imine (C=N–C) groups is 1. The molecular formula is C31H52N10O5. The highest BCUT2D eigenvalue weighted by Gasteiger charge is 2.27. The molecule has 0 radical (unpaired) electrons. The molecule has 0 spiro atoms. The molecule has 0 fully saturated rings. The molecule has 1 aliphatic heterocycles. The highest BCUT2D eigenvalue weighted by molar-refractivity contribution is 5.93. The smallest absolute Gasteiger partial charge is 0.245 e. The Morgan fingerprint density at radius 3 is 2.09 bits per heavy atom. The molecule has 1 aliphatic rings. The molecule has 15 heteroatoms. The number of hydrogen-bond acceptors (Lipinski definition) is 8. The second-order valence-corrected chi connectivity index (χ2v) is 11.6. The zero-order chi connectivity index (χ0) is 33.9. The van der Waals surface area contributed by atoms with E-state index < -0.39 is 41.9 Å². The molecule has 0 aromatic heterocycles. The van der Waals surface area contributed by atoms with E-state index in [4.69, 9.17) is 22.9 Å². The minimum Gasteiger partial charge on any atom is -0.370 e. The standard InChI is InChI=1S/C31H52N10O5/c1-20-27(43)37-19-22-10-8-9-21(17-22)18-26(42)39-24(12-3-6-15-33)30(46)40-23(11-2-5-14-32)28(44)36-16-7-4-13-25(29(45)38-20)41-31(34)35/h8-10,17,20,23-25H,2-7,11-16,18-19,32-33H2,1H3,(H,36,44)(H,37,43)(H,38,45)(H,39,42)(H,40,46)(H4,34,35,41)/t20-,23+,24+,25-/m1/s1. The van der Waals surface area contributed by atoms with Crippen LogP contribution in [0, 0.1) is 0 Å². The van der Waals surface area contributed by atoms with E-state index in [1.807, 2.05) is 0 Å². The summed E-state index contributed by atoms with van der Waals surface area (Å²) in [6.07, 6.45) is 4.62. The number of rotatable bonds is 9. The van der Waals surface area contributed by atoms with Crippen molar-refractivity contribution in [2.45, 2.75) is 102 Å². The van der Waals surface area contributed by atoms with Crippen molar-refractivity contribution in [2.24, 2.45) is 27.9 Å². The van der Waals surface area contributed by atoms with Crippen LogP contribution in [-0.2, 0) is 36.9 Å². The van der Waals surface area contributed by atoms with Crippen LogP contribution < -0.4 is 49.5 Å². The van der Waals surface area contributed by atoms with Crippen molar-refractivity contribution in [3.8, 4) is 0 Å². The zero-order valence-corrected chi connectivity index (χ0v) is 26.8. The topological polar surface area (TPSA) is 262 Å². The third kappa shape index (κ3) is 14.2. The number of nitrogens with zero attached hydrogens (tertiary/aromatic N) is 1. The van der Waals surface area contributed by atoms with Gasteiger partial charge in [0.05, 0.1) is 6.42 Å². The highest BCUT2D eigenvalue weighted by atomic mass is 16.2. The SMILES string of the molecule is C[C@H]1NC(=O)[C@H](N=C(N)N)CCCCNC(=O)[C@H](CCCCN)NC(=O)[C@H](CCCCN)NC(=O)Cc2cccc(c2)CNC1=O. The number of fused-ring (bicyclic) bond motifs is 2. The van der Waals surface area contributed by atoms with E-state index in [-0.39, 0.29) is 43.7 Å². The second kappa shape index (κ2) is 20.7. The molecule has 15 nitrogen and oxygen atoms in total. The van der Waals surface area contributed by atoms with E-state index >= 15 is 0 Å². The lowest BCUT2D eigenvalue weighted by Crippen LogP contribution is -2.54. The Bertz CT molecular complexity index is 1190. The van der Waals surface area contributed by atoms with Gasteiger partial charge in [0.15, 0.2) is 5.96 Å². The van der Waals surface area contributed by atoms with Gasteiger partial charge in [-0.3, -0.25) is 24.0 Å². The molecule has 1 heterocycles. The number of hydrogen-bond donors (Lipinski definition) is 9. The first-order valence-corrected chi connectivity index (χ1v) is 16.1. The molecule has 46 heavy (non-hydrogen) atoms. The van der Waals surface area contributed by atoms with E-state index in [0.29, 0.717) is 70.0 Å². The van der Waals surface area contributed by atoms with Crippen LogP contribution >= 0.6 is 0 Å². The molecule has 13 N–H and O–H groups in total. The van der Waals surface area contributed by atoms with Gasteiger partial charge in [-0.05, 0) is 88.9 Å². The third-order valence-electron chi connectivity index (χ3n) is 7.56. The second-order valence-electron chi connectivity index (χ2n) is 11.6. The van der Waals surface area contributed by atoms with Crippen LogP contribution in [0.3, 0.4) is 0 Å². The van der Waals surface area contributed by atoms with Gasteiger partial charge in [0.2, 0.25) is 29.5 Å². The first kappa shape index (κ1) is 37.9.